The first-order chi connectivity index (χ1) is 5.15. The van der Waals surface area contributed by atoms with Crippen LogP contribution in [0.4, 0.5) is 0 Å². The van der Waals surface area contributed by atoms with Crippen LogP contribution in [0.2, 0.25) is 0 Å². The Hall–Kier alpha value is -0.830. The number of nitrogens with zero attached hydrogens (tertiary/aromatic N) is 2. The van der Waals surface area contributed by atoms with Crippen molar-refractivity contribution in [2.45, 2.75) is 26.4 Å². The quantitative estimate of drug-likeness (QED) is 0.691. The number of imidazole rings is 1. The Morgan fingerprint density at radius 2 is 2.27 bits per heavy atom. The standard InChI is InChI=1S/C8H14N2O/c1-6(2)8-9-7(5-11)4-10(8)3/h4,6,11H,5H2,1-3H3. The van der Waals surface area contributed by atoms with Crippen LogP contribution in [0.25, 0.3) is 0 Å². The van der Waals surface area contributed by atoms with E-state index in [2.05, 4.69) is 18.8 Å². The summed E-state index contributed by atoms with van der Waals surface area (Å²) in [6, 6.07) is 0. The van der Waals surface area contributed by atoms with Gasteiger partial charge in [-0.2, -0.15) is 0 Å². The summed E-state index contributed by atoms with van der Waals surface area (Å²) in [5.74, 6) is 1.44. The second kappa shape index (κ2) is 3.05. The van der Waals surface area contributed by atoms with Gasteiger partial charge in [0.2, 0.25) is 0 Å². The maximum Gasteiger partial charge on any atom is 0.111 e. The predicted molar refractivity (Wildman–Crippen MR) is 43.2 cm³/mol. The first kappa shape index (κ1) is 8.27. The summed E-state index contributed by atoms with van der Waals surface area (Å²) in [6.07, 6.45) is 1.86. The average molecular weight is 154 g/mol. The summed E-state index contributed by atoms with van der Waals surface area (Å²) in [5.41, 5.74) is 0.746. The molecule has 0 aromatic carbocycles. The summed E-state index contributed by atoms with van der Waals surface area (Å²) < 4.78 is 1.95. The summed E-state index contributed by atoms with van der Waals surface area (Å²) in [6.45, 7) is 4.20. The lowest BCUT2D eigenvalue weighted by Gasteiger charge is -2.02. The lowest BCUT2D eigenvalue weighted by atomic mass is 10.2. The van der Waals surface area contributed by atoms with Gasteiger partial charge < -0.3 is 9.67 Å². The molecule has 3 nitrogen and oxygen atoms in total. The van der Waals surface area contributed by atoms with E-state index in [4.69, 9.17) is 5.11 Å². The fourth-order valence-corrected chi connectivity index (χ4v) is 1.16. The minimum Gasteiger partial charge on any atom is -0.390 e. The first-order valence-corrected chi connectivity index (χ1v) is 3.78. The molecule has 3 heteroatoms. The Balaban J connectivity index is 2.97. The minimum atomic E-state index is 0.0283. The molecule has 0 fully saturated rings. The molecule has 0 saturated carbocycles. The monoisotopic (exact) mass is 154 g/mol. The number of rotatable bonds is 2. The van der Waals surface area contributed by atoms with Crippen LogP contribution in [-0.4, -0.2) is 14.7 Å². The SMILES string of the molecule is CC(C)c1nc(CO)cn1C. The Bertz CT molecular complexity index is 240. The van der Waals surface area contributed by atoms with Crippen molar-refractivity contribution in [1.29, 1.82) is 0 Å². The minimum absolute atomic E-state index is 0.0283. The van der Waals surface area contributed by atoms with Gasteiger partial charge in [0, 0.05) is 19.2 Å². The van der Waals surface area contributed by atoms with Gasteiger partial charge >= 0.3 is 0 Å². The highest BCUT2D eigenvalue weighted by molar-refractivity contribution is 5.05. The van der Waals surface area contributed by atoms with E-state index in [1.165, 1.54) is 0 Å². The van der Waals surface area contributed by atoms with Crippen LogP contribution in [0.3, 0.4) is 0 Å². The highest BCUT2D eigenvalue weighted by atomic mass is 16.3. The summed E-state index contributed by atoms with van der Waals surface area (Å²) >= 11 is 0. The van der Waals surface area contributed by atoms with Crippen LogP contribution in [-0.2, 0) is 13.7 Å². The van der Waals surface area contributed by atoms with Crippen LogP contribution in [0.5, 0.6) is 0 Å². The largest absolute Gasteiger partial charge is 0.390 e. The van der Waals surface area contributed by atoms with E-state index in [0.29, 0.717) is 5.92 Å². The van der Waals surface area contributed by atoms with Gasteiger partial charge in [-0.05, 0) is 0 Å². The smallest absolute Gasteiger partial charge is 0.111 e. The van der Waals surface area contributed by atoms with Crippen LogP contribution in [0, 0.1) is 0 Å². The lowest BCUT2D eigenvalue weighted by molar-refractivity contribution is 0.277. The molecule has 0 bridgehead atoms. The topological polar surface area (TPSA) is 38.1 Å². The van der Waals surface area contributed by atoms with Crippen LogP contribution in [0.15, 0.2) is 6.20 Å². The van der Waals surface area contributed by atoms with Crippen LogP contribution < -0.4 is 0 Å². The van der Waals surface area contributed by atoms with Gasteiger partial charge in [-0.25, -0.2) is 4.98 Å². The normalized spacial score (nSPS) is 11.0. The van der Waals surface area contributed by atoms with Gasteiger partial charge in [-0.1, -0.05) is 13.8 Å². The highest BCUT2D eigenvalue weighted by Crippen LogP contribution is 2.12. The number of hydrogen-bond donors (Lipinski definition) is 1. The molecule has 0 aliphatic heterocycles. The van der Waals surface area contributed by atoms with E-state index >= 15 is 0 Å². The van der Waals surface area contributed by atoms with Crippen molar-refractivity contribution in [1.82, 2.24) is 9.55 Å². The Morgan fingerprint density at radius 3 is 2.55 bits per heavy atom. The molecule has 11 heavy (non-hydrogen) atoms. The first-order valence-electron chi connectivity index (χ1n) is 3.78. The van der Waals surface area contributed by atoms with E-state index in [9.17, 15) is 0 Å². The van der Waals surface area contributed by atoms with Crippen molar-refractivity contribution >= 4 is 0 Å². The summed E-state index contributed by atoms with van der Waals surface area (Å²) in [5, 5.41) is 8.78. The maximum absolute atomic E-state index is 8.78. The number of aliphatic hydroxyl groups is 1. The molecule has 0 saturated heterocycles. The third-order valence-corrected chi connectivity index (χ3v) is 1.64. The molecule has 0 amide bonds. The average Bonchev–Trinajstić information content (AvgIpc) is 2.30. The third kappa shape index (κ3) is 1.60. The molecule has 0 spiro atoms. The molecular formula is C8H14N2O. The molecule has 0 radical (unpaired) electrons. The number of hydrogen-bond acceptors (Lipinski definition) is 2. The maximum atomic E-state index is 8.78. The molecule has 1 aromatic rings. The fourth-order valence-electron chi connectivity index (χ4n) is 1.16. The molecule has 1 heterocycles. The number of aliphatic hydroxyl groups excluding tert-OH is 1. The van der Waals surface area contributed by atoms with Crippen molar-refractivity contribution in [3.05, 3.63) is 17.7 Å². The van der Waals surface area contributed by atoms with Gasteiger partial charge in [0.25, 0.3) is 0 Å². The van der Waals surface area contributed by atoms with E-state index in [1.54, 1.807) is 0 Å². The van der Waals surface area contributed by atoms with Crippen molar-refractivity contribution in [3.63, 3.8) is 0 Å². The molecule has 1 aromatic heterocycles. The zero-order valence-electron chi connectivity index (χ0n) is 7.20. The van der Waals surface area contributed by atoms with E-state index in [-0.39, 0.29) is 6.61 Å². The Morgan fingerprint density at radius 1 is 1.64 bits per heavy atom. The van der Waals surface area contributed by atoms with E-state index in [1.807, 2.05) is 17.8 Å². The van der Waals surface area contributed by atoms with Gasteiger partial charge in [-0.15, -0.1) is 0 Å². The second-order valence-electron chi connectivity index (χ2n) is 3.01. The zero-order chi connectivity index (χ0) is 8.43. The molecule has 0 unspecified atom stereocenters. The van der Waals surface area contributed by atoms with Gasteiger partial charge in [-0.3, -0.25) is 0 Å². The van der Waals surface area contributed by atoms with Crippen LogP contribution >= 0.6 is 0 Å². The summed E-state index contributed by atoms with van der Waals surface area (Å²) in [7, 11) is 1.95. The predicted octanol–water partition coefficient (Wildman–Crippen LogP) is 1.04. The molecule has 62 valence electrons. The third-order valence-electron chi connectivity index (χ3n) is 1.64. The van der Waals surface area contributed by atoms with Gasteiger partial charge in [0.15, 0.2) is 0 Å². The van der Waals surface area contributed by atoms with Gasteiger partial charge in [0.1, 0.15) is 5.82 Å². The van der Waals surface area contributed by atoms with Crippen LogP contribution in [0.1, 0.15) is 31.3 Å². The molecule has 0 atom stereocenters. The van der Waals surface area contributed by atoms with Crippen molar-refractivity contribution < 1.29 is 5.11 Å². The zero-order valence-corrected chi connectivity index (χ0v) is 7.20. The van der Waals surface area contributed by atoms with Crippen molar-refractivity contribution in [2.24, 2.45) is 7.05 Å². The second-order valence-corrected chi connectivity index (χ2v) is 3.01. The fraction of sp³-hybridized carbons (Fsp3) is 0.625. The highest BCUT2D eigenvalue weighted by Gasteiger charge is 2.06. The number of aryl methyl sites for hydroxylation is 1. The van der Waals surface area contributed by atoms with Gasteiger partial charge in [0.05, 0.1) is 12.3 Å². The van der Waals surface area contributed by atoms with E-state index < -0.39 is 0 Å². The molecular weight excluding hydrogens is 140 g/mol. The van der Waals surface area contributed by atoms with E-state index in [0.717, 1.165) is 11.5 Å². The molecule has 1 N–H and O–H groups in total. The molecule has 1 rings (SSSR count). The molecule has 0 aliphatic carbocycles. The Kier molecular flexibility index (Phi) is 2.29. The number of aromatic nitrogens is 2. The Labute approximate surface area is 66.7 Å². The van der Waals surface area contributed by atoms with Crippen molar-refractivity contribution in [3.8, 4) is 0 Å². The summed E-state index contributed by atoms with van der Waals surface area (Å²) in [4.78, 5) is 4.24. The lowest BCUT2D eigenvalue weighted by Crippen LogP contribution is -1.98. The van der Waals surface area contributed by atoms with Crippen molar-refractivity contribution in [2.75, 3.05) is 0 Å². The molecule has 0 aliphatic rings.